The molecule has 2 fully saturated rings. The number of carbonyl (C=O) groups is 2. The zero-order valence-corrected chi connectivity index (χ0v) is 9.61. The van der Waals surface area contributed by atoms with Gasteiger partial charge in [-0.25, -0.2) is 0 Å². The van der Waals surface area contributed by atoms with Crippen molar-refractivity contribution in [3.63, 3.8) is 0 Å². The van der Waals surface area contributed by atoms with Crippen LogP contribution in [0.4, 0.5) is 0 Å². The predicted molar refractivity (Wildman–Crippen MR) is 59.5 cm³/mol. The lowest BCUT2D eigenvalue weighted by atomic mass is 10.2. The third kappa shape index (κ3) is 2.35. The van der Waals surface area contributed by atoms with Crippen LogP contribution in [0.15, 0.2) is 0 Å². The molecule has 3 N–H and O–H groups in total. The zero-order valence-electron chi connectivity index (χ0n) is 9.61. The number of primary amides is 1. The average Bonchev–Trinajstić information content (AvgIpc) is 2.77. The molecule has 3 atom stereocenters. The summed E-state index contributed by atoms with van der Waals surface area (Å²) >= 11 is 0. The molecule has 0 aromatic carbocycles. The lowest BCUT2D eigenvalue weighted by molar-refractivity contribution is -0.138. The molecule has 0 radical (unpaired) electrons. The monoisotopic (exact) mass is 225 g/mol. The summed E-state index contributed by atoms with van der Waals surface area (Å²) in [5.74, 6) is 0.283. The number of nitrogens with two attached hydrogens (primary N) is 1. The van der Waals surface area contributed by atoms with Crippen LogP contribution in [0, 0.1) is 11.8 Å². The minimum atomic E-state index is -0.423. The summed E-state index contributed by atoms with van der Waals surface area (Å²) in [6.07, 6.45) is 1.87. The Balaban J connectivity index is 2.01. The van der Waals surface area contributed by atoms with Crippen molar-refractivity contribution in [3.05, 3.63) is 0 Å². The molecule has 1 aliphatic heterocycles. The Hall–Kier alpha value is -1.10. The van der Waals surface area contributed by atoms with E-state index in [2.05, 4.69) is 12.2 Å². The van der Waals surface area contributed by atoms with E-state index in [9.17, 15) is 9.59 Å². The van der Waals surface area contributed by atoms with Crippen molar-refractivity contribution in [2.45, 2.75) is 25.8 Å². The van der Waals surface area contributed by atoms with Crippen LogP contribution < -0.4 is 11.1 Å². The normalized spacial score (nSPS) is 32.4. The van der Waals surface area contributed by atoms with Crippen molar-refractivity contribution in [1.82, 2.24) is 10.2 Å². The number of rotatable bonds is 4. The standard InChI is InChI=1S/C11H19N3O2/c1-7-4-9(7)11(16)14(6-10(12)15)8-2-3-13-5-8/h7-9,13H,2-6H2,1H3,(H2,12,15). The molecule has 5 heteroatoms. The molecule has 5 nitrogen and oxygen atoms in total. The molecule has 2 rings (SSSR count). The van der Waals surface area contributed by atoms with E-state index in [1.807, 2.05) is 0 Å². The maximum absolute atomic E-state index is 12.1. The summed E-state index contributed by atoms with van der Waals surface area (Å²) in [5, 5.41) is 3.21. The van der Waals surface area contributed by atoms with E-state index in [0.29, 0.717) is 5.92 Å². The molecule has 0 spiro atoms. The molecule has 3 unspecified atom stereocenters. The molecule has 90 valence electrons. The van der Waals surface area contributed by atoms with Crippen LogP contribution >= 0.6 is 0 Å². The van der Waals surface area contributed by atoms with Crippen LogP contribution in [0.2, 0.25) is 0 Å². The average molecular weight is 225 g/mol. The van der Waals surface area contributed by atoms with Gasteiger partial charge in [-0.1, -0.05) is 6.92 Å². The topological polar surface area (TPSA) is 75.4 Å². The van der Waals surface area contributed by atoms with Crippen LogP contribution in [0.3, 0.4) is 0 Å². The minimum Gasteiger partial charge on any atom is -0.368 e. The van der Waals surface area contributed by atoms with Gasteiger partial charge in [0.2, 0.25) is 11.8 Å². The second-order valence-electron chi connectivity index (χ2n) is 4.90. The molecule has 1 aliphatic carbocycles. The molecule has 1 saturated heterocycles. The van der Waals surface area contributed by atoms with Gasteiger partial charge in [0.15, 0.2) is 0 Å². The van der Waals surface area contributed by atoms with Gasteiger partial charge < -0.3 is 16.0 Å². The molecule has 1 heterocycles. The van der Waals surface area contributed by atoms with E-state index in [1.165, 1.54) is 0 Å². The van der Waals surface area contributed by atoms with Gasteiger partial charge >= 0.3 is 0 Å². The highest BCUT2D eigenvalue weighted by Crippen LogP contribution is 2.39. The summed E-state index contributed by atoms with van der Waals surface area (Å²) < 4.78 is 0. The molecule has 16 heavy (non-hydrogen) atoms. The van der Waals surface area contributed by atoms with Gasteiger partial charge in [-0.15, -0.1) is 0 Å². The van der Waals surface area contributed by atoms with Crippen molar-refractivity contribution in [2.75, 3.05) is 19.6 Å². The Kier molecular flexibility index (Phi) is 3.14. The first-order valence-electron chi connectivity index (χ1n) is 5.89. The van der Waals surface area contributed by atoms with Crippen molar-refractivity contribution in [2.24, 2.45) is 17.6 Å². The summed E-state index contributed by atoms with van der Waals surface area (Å²) in [6.45, 7) is 3.82. The lowest BCUT2D eigenvalue weighted by Gasteiger charge is -2.27. The van der Waals surface area contributed by atoms with Gasteiger partial charge in [0.1, 0.15) is 0 Å². The molecule has 1 saturated carbocycles. The molecule has 0 aromatic heterocycles. The molecule has 0 aromatic rings. The van der Waals surface area contributed by atoms with Crippen LogP contribution in [0.5, 0.6) is 0 Å². The van der Waals surface area contributed by atoms with Gasteiger partial charge in [-0.2, -0.15) is 0 Å². The van der Waals surface area contributed by atoms with E-state index in [4.69, 9.17) is 5.73 Å². The van der Waals surface area contributed by atoms with Gasteiger partial charge in [-0.05, 0) is 25.3 Å². The number of nitrogens with one attached hydrogen (secondary N) is 1. The van der Waals surface area contributed by atoms with Crippen molar-refractivity contribution >= 4 is 11.8 Å². The van der Waals surface area contributed by atoms with Gasteiger partial charge in [0, 0.05) is 18.5 Å². The summed E-state index contributed by atoms with van der Waals surface area (Å²) in [6, 6.07) is 0.146. The smallest absolute Gasteiger partial charge is 0.237 e. The molecular formula is C11H19N3O2. The minimum absolute atomic E-state index is 0.0639. The Labute approximate surface area is 95.3 Å². The number of hydrogen-bond donors (Lipinski definition) is 2. The Morgan fingerprint density at radius 3 is 2.62 bits per heavy atom. The predicted octanol–water partition coefficient (Wildman–Crippen LogP) is -0.682. The maximum atomic E-state index is 12.1. The Bertz CT molecular complexity index is 300. The fourth-order valence-corrected chi connectivity index (χ4v) is 2.34. The number of amides is 2. The van der Waals surface area contributed by atoms with Crippen molar-refractivity contribution < 1.29 is 9.59 Å². The van der Waals surface area contributed by atoms with E-state index in [1.54, 1.807) is 4.90 Å². The highest BCUT2D eigenvalue weighted by atomic mass is 16.2. The fourth-order valence-electron chi connectivity index (χ4n) is 2.34. The van der Waals surface area contributed by atoms with E-state index in [0.717, 1.165) is 25.9 Å². The zero-order chi connectivity index (χ0) is 11.7. The quantitative estimate of drug-likeness (QED) is 0.665. The molecular weight excluding hydrogens is 206 g/mol. The fraction of sp³-hybridized carbons (Fsp3) is 0.818. The number of hydrogen-bond acceptors (Lipinski definition) is 3. The van der Waals surface area contributed by atoms with Crippen molar-refractivity contribution in [1.29, 1.82) is 0 Å². The summed E-state index contributed by atoms with van der Waals surface area (Å²) in [7, 11) is 0. The molecule has 2 aliphatic rings. The third-order valence-electron chi connectivity index (χ3n) is 3.51. The lowest BCUT2D eigenvalue weighted by Crippen LogP contribution is -2.47. The molecule has 0 bridgehead atoms. The second-order valence-corrected chi connectivity index (χ2v) is 4.90. The van der Waals surface area contributed by atoms with Gasteiger partial charge in [-0.3, -0.25) is 9.59 Å². The van der Waals surface area contributed by atoms with E-state index in [-0.39, 0.29) is 24.4 Å². The summed E-state index contributed by atoms with van der Waals surface area (Å²) in [5.41, 5.74) is 5.20. The highest BCUT2D eigenvalue weighted by molar-refractivity contribution is 5.87. The number of carbonyl (C=O) groups excluding carboxylic acids is 2. The van der Waals surface area contributed by atoms with Crippen molar-refractivity contribution in [3.8, 4) is 0 Å². The van der Waals surface area contributed by atoms with Gasteiger partial charge in [0.05, 0.1) is 6.54 Å². The largest absolute Gasteiger partial charge is 0.368 e. The highest BCUT2D eigenvalue weighted by Gasteiger charge is 2.43. The first-order valence-corrected chi connectivity index (χ1v) is 5.89. The summed E-state index contributed by atoms with van der Waals surface area (Å²) in [4.78, 5) is 24.8. The van der Waals surface area contributed by atoms with E-state index >= 15 is 0 Å². The van der Waals surface area contributed by atoms with Crippen LogP contribution in [-0.2, 0) is 9.59 Å². The first-order chi connectivity index (χ1) is 7.59. The Morgan fingerprint density at radius 2 is 2.19 bits per heavy atom. The SMILES string of the molecule is CC1CC1C(=O)N(CC(N)=O)C1CCNC1. The number of nitrogens with zero attached hydrogens (tertiary/aromatic N) is 1. The van der Waals surface area contributed by atoms with E-state index < -0.39 is 5.91 Å². The van der Waals surface area contributed by atoms with Gasteiger partial charge in [0.25, 0.3) is 0 Å². The van der Waals surface area contributed by atoms with Crippen LogP contribution in [0.25, 0.3) is 0 Å². The first kappa shape index (κ1) is 11.4. The van der Waals surface area contributed by atoms with Crippen LogP contribution in [0.1, 0.15) is 19.8 Å². The third-order valence-corrected chi connectivity index (χ3v) is 3.51. The van der Waals surface area contributed by atoms with Crippen LogP contribution in [-0.4, -0.2) is 42.4 Å². The Morgan fingerprint density at radius 1 is 1.50 bits per heavy atom. The molecule has 2 amide bonds. The second kappa shape index (κ2) is 4.41. The maximum Gasteiger partial charge on any atom is 0.237 e.